The summed E-state index contributed by atoms with van der Waals surface area (Å²) in [4.78, 5) is 22.7. The van der Waals surface area contributed by atoms with E-state index < -0.39 is 29.2 Å². The summed E-state index contributed by atoms with van der Waals surface area (Å²) in [6, 6.07) is 10.5. The minimum atomic E-state index is -4.83. The Morgan fingerprint density at radius 1 is 1.00 bits per heavy atom. The highest BCUT2D eigenvalue weighted by Crippen LogP contribution is 2.34. The minimum Gasteiger partial charge on any atom is -0.478 e. The predicted molar refractivity (Wildman–Crippen MR) is 72.8 cm³/mol. The standard InChI is InChI=1S/C15H10F3NO3/c16-15(17,18)12-8-10(6-7-11(12)14(21)22)19-13(20)9-4-2-1-3-5-9/h1-8H,(H,19,20)(H,21,22). The molecule has 0 unspecified atom stereocenters. The van der Waals surface area contributed by atoms with Crippen LogP contribution in [-0.2, 0) is 6.18 Å². The van der Waals surface area contributed by atoms with Crippen molar-refractivity contribution in [1.29, 1.82) is 0 Å². The first-order chi connectivity index (χ1) is 10.3. The van der Waals surface area contributed by atoms with Crippen LogP contribution in [0, 0.1) is 0 Å². The number of hydrogen-bond acceptors (Lipinski definition) is 2. The molecule has 0 saturated carbocycles. The quantitative estimate of drug-likeness (QED) is 0.909. The molecule has 2 rings (SSSR count). The highest BCUT2D eigenvalue weighted by molar-refractivity contribution is 6.04. The Morgan fingerprint density at radius 3 is 2.18 bits per heavy atom. The summed E-state index contributed by atoms with van der Waals surface area (Å²) in [7, 11) is 0. The number of rotatable bonds is 3. The van der Waals surface area contributed by atoms with Gasteiger partial charge in [-0.15, -0.1) is 0 Å². The topological polar surface area (TPSA) is 66.4 Å². The van der Waals surface area contributed by atoms with E-state index in [-0.39, 0.29) is 11.3 Å². The molecule has 2 aromatic carbocycles. The monoisotopic (exact) mass is 309 g/mol. The Bertz CT molecular complexity index is 712. The summed E-state index contributed by atoms with van der Waals surface area (Å²) < 4.78 is 38.6. The fourth-order valence-electron chi connectivity index (χ4n) is 1.84. The van der Waals surface area contributed by atoms with Crippen LogP contribution in [-0.4, -0.2) is 17.0 Å². The Kier molecular flexibility index (Phi) is 4.16. The lowest BCUT2D eigenvalue weighted by Gasteiger charge is -2.13. The molecule has 0 aliphatic carbocycles. The fraction of sp³-hybridized carbons (Fsp3) is 0.0667. The van der Waals surface area contributed by atoms with Crippen LogP contribution in [0.25, 0.3) is 0 Å². The molecule has 22 heavy (non-hydrogen) atoms. The van der Waals surface area contributed by atoms with Crippen molar-refractivity contribution in [2.75, 3.05) is 5.32 Å². The maximum Gasteiger partial charge on any atom is 0.417 e. The Hall–Kier alpha value is -2.83. The lowest BCUT2D eigenvalue weighted by molar-refractivity contribution is -0.138. The zero-order valence-corrected chi connectivity index (χ0v) is 11.0. The molecule has 4 nitrogen and oxygen atoms in total. The first kappa shape index (κ1) is 15.6. The number of carbonyl (C=O) groups excluding carboxylic acids is 1. The molecule has 0 bridgehead atoms. The molecule has 0 radical (unpaired) electrons. The molecule has 1 amide bonds. The SMILES string of the molecule is O=C(Nc1ccc(C(=O)O)c(C(F)(F)F)c1)c1ccccc1. The number of halogens is 3. The summed E-state index contributed by atoms with van der Waals surface area (Å²) in [5, 5.41) is 11.1. The van der Waals surface area contributed by atoms with Gasteiger partial charge in [0.1, 0.15) is 0 Å². The van der Waals surface area contributed by atoms with Gasteiger partial charge in [0.2, 0.25) is 0 Å². The molecule has 0 aliphatic heterocycles. The van der Waals surface area contributed by atoms with Gasteiger partial charge in [0.15, 0.2) is 0 Å². The number of carbonyl (C=O) groups is 2. The van der Waals surface area contributed by atoms with Crippen LogP contribution in [0.1, 0.15) is 26.3 Å². The van der Waals surface area contributed by atoms with Crippen LogP contribution in [0.3, 0.4) is 0 Å². The highest BCUT2D eigenvalue weighted by atomic mass is 19.4. The number of carboxylic acids is 1. The molecule has 0 fully saturated rings. The zero-order chi connectivity index (χ0) is 16.3. The van der Waals surface area contributed by atoms with Gasteiger partial charge in [-0.25, -0.2) is 4.79 Å². The van der Waals surface area contributed by atoms with E-state index in [0.29, 0.717) is 6.07 Å². The Morgan fingerprint density at radius 2 is 1.64 bits per heavy atom. The molecule has 0 atom stereocenters. The van der Waals surface area contributed by atoms with Crippen LogP contribution in [0.4, 0.5) is 18.9 Å². The highest BCUT2D eigenvalue weighted by Gasteiger charge is 2.35. The summed E-state index contributed by atoms with van der Waals surface area (Å²) in [6.45, 7) is 0. The van der Waals surface area contributed by atoms with Gasteiger partial charge in [0, 0.05) is 11.3 Å². The van der Waals surface area contributed by atoms with E-state index in [1.807, 2.05) is 0 Å². The van der Waals surface area contributed by atoms with Gasteiger partial charge in [-0.3, -0.25) is 4.79 Å². The third-order valence-corrected chi connectivity index (χ3v) is 2.85. The Balaban J connectivity index is 2.34. The van der Waals surface area contributed by atoms with Crippen molar-refractivity contribution >= 4 is 17.6 Å². The second-order valence-corrected chi connectivity index (χ2v) is 4.38. The van der Waals surface area contributed by atoms with Crippen LogP contribution < -0.4 is 5.32 Å². The average Bonchev–Trinajstić information content (AvgIpc) is 2.47. The van der Waals surface area contributed by atoms with Gasteiger partial charge in [-0.05, 0) is 30.3 Å². The zero-order valence-electron chi connectivity index (χ0n) is 11.0. The van der Waals surface area contributed by atoms with Crippen molar-refractivity contribution in [1.82, 2.24) is 0 Å². The molecular weight excluding hydrogens is 299 g/mol. The summed E-state index contributed by atoms with van der Waals surface area (Å²) in [6.07, 6.45) is -4.83. The van der Waals surface area contributed by atoms with E-state index in [1.165, 1.54) is 12.1 Å². The predicted octanol–water partition coefficient (Wildman–Crippen LogP) is 3.66. The molecule has 0 aromatic heterocycles. The minimum absolute atomic E-state index is 0.133. The van der Waals surface area contributed by atoms with E-state index >= 15 is 0 Å². The summed E-state index contributed by atoms with van der Waals surface area (Å²) in [5.74, 6) is -2.27. The molecule has 0 saturated heterocycles. The van der Waals surface area contributed by atoms with Gasteiger partial charge in [-0.2, -0.15) is 13.2 Å². The summed E-state index contributed by atoms with van der Waals surface area (Å²) >= 11 is 0. The smallest absolute Gasteiger partial charge is 0.417 e. The van der Waals surface area contributed by atoms with Crippen LogP contribution in [0.5, 0.6) is 0 Å². The number of hydrogen-bond donors (Lipinski definition) is 2. The van der Waals surface area contributed by atoms with Gasteiger partial charge in [-0.1, -0.05) is 18.2 Å². The normalized spacial score (nSPS) is 11.0. The number of benzene rings is 2. The number of alkyl halides is 3. The van der Waals surface area contributed by atoms with E-state index in [9.17, 15) is 22.8 Å². The molecule has 7 heteroatoms. The molecule has 0 heterocycles. The lowest BCUT2D eigenvalue weighted by Crippen LogP contribution is -2.16. The molecule has 2 aromatic rings. The van der Waals surface area contributed by atoms with Crippen molar-refractivity contribution in [2.24, 2.45) is 0 Å². The van der Waals surface area contributed by atoms with Gasteiger partial charge in [0.05, 0.1) is 11.1 Å². The first-order valence-electron chi connectivity index (χ1n) is 6.10. The summed E-state index contributed by atoms with van der Waals surface area (Å²) in [5.41, 5.74) is -2.04. The van der Waals surface area contributed by atoms with Gasteiger partial charge >= 0.3 is 12.1 Å². The van der Waals surface area contributed by atoms with Crippen molar-refractivity contribution in [3.63, 3.8) is 0 Å². The number of nitrogens with one attached hydrogen (secondary N) is 1. The molecule has 0 aliphatic rings. The second kappa shape index (κ2) is 5.88. The molecular formula is C15H10F3NO3. The molecule has 114 valence electrons. The number of carboxylic acid groups (broad SMARTS) is 1. The first-order valence-corrected chi connectivity index (χ1v) is 6.10. The maximum absolute atomic E-state index is 12.9. The second-order valence-electron chi connectivity index (χ2n) is 4.38. The Labute approximate surface area is 123 Å². The third-order valence-electron chi connectivity index (χ3n) is 2.85. The molecule has 2 N–H and O–H groups in total. The maximum atomic E-state index is 12.9. The van der Waals surface area contributed by atoms with Crippen LogP contribution >= 0.6 is 0 Å². The fourth-order valence-corrected chi connectivity index (χ4v) is 1.84. The van der Waals surface area contributed by atoms with Crippen molar-refractivity contribution < 1.29 is 27.9 Å². The number of amides is 1. The largest absolute Gasteiger partial charge is 0.478 e. The van der Waals surface area contributed by atoms with E-state index in [1.54, 1.807) is 18.2 Å². The van der Waals surface area contributed by atoms with E-state index in [2.05, 4.69) is 5.32 Å². The molecule has 0 spiro atoms. The third kappa shape index (κ3) is 3.43. The number of aromatic carboxylic acids is 1. The van der Waals surface area contributed by atoms with Crippen LogP contribution in [0.2, 0.25) is 0 Å². The van der Waals surface area contributed by atoms with Crippen molar-refractivity contribution in [3.05, 3.63) is 65.2 Å². The van der Waals surface area contributed by atoms with Crippen molar-refractivity contribution in [2.45, 2.75) is 6.18 Å². The van der Waals surface area contributed by atoms with E-state index in [0.717, 1.165) is 12.1 Å². The average molecular weight is 309 g/mol. The van der Waals surface area contributed by atoms with E-state index in [4.69, 9.17) is 5.11 Å². The lowest BCUT2D eigenvalue weighted by atomic mass is 10.1. The van der Waals surface area contributed by atoms with Crippen LogP contribution in [0.15, 0.2) is 48.5 Å². The van der Waals surface area contributed by atoms with Gasteiger partial charge < -0.3 is 10.4 Å². The number of anilines is 1. The van der Waals surface area contributed by atoms with Crippen molar-refractivity contribution in [3.8, 4) is 0 Å². The van der Waals surface area contributed by atoms with Gasteiger partial charge in [0.25, 0.3) is 5.91 Å².